The molecule has 0 saturated carbocycles. The minimum Gasteiger partial charge on any atom is -0.301 e. The van der Waals surface area contributed by atoms with E-state index in [9.17, 15) is 0 Å². The van der Waals surface area contributed by atoms with E-state index in [1.165, 1.54) is 51.3 Å². The van der Waals surface area contributed by atoms with E-state index in [1.54, 1.807) is 0 Å². The van der Waals surface area contributed by atoms with Crippen molar-refractivity contribution in [3.8, 4) is 0 Å². The quantitative estimate of drug-likeness (QED) is 0.764. The fourth-order valence-corrected chi connectivity index (χ4v) is 2.50. The van der Waals surface area contributed by atoms with Gasteiger partial charge in [0.15, 0.2) is 0 Å². The number of likely N-dealkylation sites (N-methyl/N-ethyl adjacent to an activating group) is 1. The van der Waals surface area contributed by atoms with Crippen LogP contribution in [0.5, 0.6) is 0 Å². The maximum atomic E-state index is 4.38. The molecule has 0 bridgehead atoms. The van der Waals surface area contributed by atoms with E-state index in [1.807, 2.05) is 6.20 Å². The molecule has 0 radical (unpaired) electrons. The Morgan fingerprint density at radius 3 is 2.39 bits per heavy atom. The Balaban J connectivity index is 1.63. The Morgan fingerprint density at radius 1 is 1.06 bits per heavy atom. The largest absolute Gasteiger partial charge is 0.301 e. The Labute approximate surface area is 111 Å². The maximum absolute atomic E-state index is 4.38. The lowest BCUT2D eigenvalue weighted by Gasteiger charge is -2.33. The summed E-state index contributed by atoms with van der Waals surface area (Å²) in [5, 5.41) is 4.38. The maximum Gasteiger partial charge on any atom is 0.0521 e. The average molecular weight is 250 g/mol. The van der Waals surface area contributed by atoms with Crippen molar-refractivity contribution in [1.29, 1.82) is 0 Å². The van der Waals surface area contributed by atoms with Gasteiger partial charge in [-0.1, -0.05) is 13.8 Å². The number of piperazine rings is 1. The number of aryl methyl sites for hydroxylation is 2. The van der Waals surface area contributed by atoms with Crippen LogP contribution in [0.4, 0.5) is 0 Å². The Hall–Kier alpha value is -0.870. The lowest BCUT2D eigenvalue weighted by Crippen LogP contribution is -2.46. The second-order valence-corrected chi connectivity index (χ2v) is 5.09. The molecule has 1 aliphatic rings. The van der Waals surface area contributed by atoms with Crippen LogP contribution in [0.15, 0.2) is 12.4 Å². The normalized spacial score (nSPS) is 18.3. The molecule has 0 aromatic carbocycles. The molecule has 18 heavy (non-hydrogen) atoms. The molecule has 102 valence electrons. The van der Waals surface area contributed by atoms with Gasteiger partial charge in [-0.05, 0) is 31.5 Å². The summed E-state index contributed by atoms with van der Waals surface area (Å²) >= 11 is 0. The van der Waals surface area contributed by atoms with Crippen molar-refractivity contribution in [2.45, 2.75) is 33.2 Å². The summed E-state index contributed by atoms with van der Waals surface area (Å²) in [6.07, 6.45) is 6.45. The zero-order valence-corrected chi connectivity index (χ0v) is 11.8. The van der Waals surface area contributed by atoms with Gasteiger partial charge in [-0.2, -0.15) is 5.10 Å². The summed E-state index contributed by atoms with van der Waals surface area (Å²) in [6, 6.07) is 0. The monoisotopic (exact) mass is 250 g/mol. The van der Waals surface area contributed by atoms with Gasteiger partial charge in [0.1, 0.15) is 0 Å². The summed E-state index contributed by atoms with van der Waals surface area (Å²) in [5.74, 6) is 0. The van der Waals surface area contributed by atoms with Gasteiger partial charge in [0, 0.05) is 38.9 Å². The van der Waals surface area contributed by atoms with Crippen LogP contribution in [0.3, 0.4) is 0 Å². The summed E-state index contributed by atoms with van der Waals surface area (Å²) in [6.45, 7) is 12.8. The molecule has 1 aromatic rings. The van der Waals surface area contributed by atoms with Gasteiger partial charge in [-0.3, -0.25) is 4.68 Å². The summed E-state index contributed by atoms with van der Waals surface area (Å²) in [5.41, 5.74) is 1.34. The molecule has 0 unspecified atom stereocenters. The summed E-state index contributed by atoms with van der Waals surface area (Å²) in [4.78, 5) is 5.11. The van der Waals surface area contributed by atoms with Crippen LogP contribution in [-0.2, 0) is 13.0 Å². The van der Waals surface area contributed by atoms with Crippen LogP contribution in [-0.4, -0.2) is 58.8 Å². The van der Waals surface area contributed by atoms with Crippen molar-refractivity contribution in [3.05, 3.63) is 18.0 Å². The van der Waals surface area contributed by atoms with Gasteiger partial charge >= 0.3 is 0 Å². The smallest absolute Gasteiger partial charge is 0.0521 e. The third-order valence-corrected chi connectivity index (χ3v) is 3.87. The van der Waals surface area contributed by atoms with Gasteiger partial charge in [0.2, 0.25) is 0 Å². The van der Waals surface area contributed by atoms with Crippen molar-refractivity contribution in [3.63, 3.8) is 0 Å². The number of nitrogens with zero attached hydrogens (tertiary/aromatic N) is 4. The molecular weight excluding hydrogens is 224 g/mol. The molecule has 1 aromatic heterocycles. The molecule has 1 saturated heterocycles. The average Bonchev–Trinajstić information content (AvgIpc) is 2.87. The zero-order valence-electron chi connectivity index (χ0n) is 11.8. The van der Waals surface area contributed by atoms with Gasteiger partial charge in [-0.15, -0.1) is 0 Å². The van der Waals surface area contributed by atoms with Crippen LogP contribution in [0.1, 0.15) is 25.8 Å². The van der Waals surface area contributed by atoms with E-state index in [0.717, 1.165) is 13.0 Å². The molecule has 1 aliphatic heterocycles. The molecule has 0 N–H and O–H groups in total. The predicted molar refractivity (Wildman–Crippen MR) is 74.8 cm³/mol. The predicted octanol–water partition coefficient (Wildman–Crippen LogP) is 1.47. The highest BCUT2D eigenvalue weighted by Gasteiger charge is 2.14. The lowest BCUT2D eigenvalue weighted by molar-refractivity contribution is 0.134. The molecule has 2 heterocycles. The van der Waals surface area contributed by atoms with Crippen molar-refractivity contribution in [2.75, 3.05) is 39.3 Å². The first-order valence-corrected chi connectivity index (χ1v) is 7.28. The highest BCUT2D eigenvalue weighted by Crippen LogP contribution is 2.04. The summed E-state index contributed by atoms with van der Waals surface area (Å²) < 4.78 is 2.08. The van der Waals surface area contributed by atoms with Crippen molar-refractivity contribution < 1.29 is 0 Å². The molecule has 1 fully saturated rings. The molecule has 4 nitrogen and oxygen atoms in total. The molecule has 2 rings (SSSR count). The van der Waals surface area contributed by atoms with E-state index >= 15 is 0 Å². The van der Waals surface area contributed by atoms with Gasteiger partial charge in [0.25, 0.3) is 0 Å². The highest BCUT2D eigenvalue weighted by molar-refractivity contribution is 5.02. The van der Waals surface area contributed by atoms with E-state index in [2.05, 4.69) is 39.6 Å². The first-order valence-electron chi connectivity index (χ1n) is 7.28. The number of rotatable bonds is 6. The summed E-state index contributed by atoms with van der Waals surface area (Å²) in [7, 11) is 0. The fraction of sp³-hybridized carbons (Fsp3) is 0.786. The van der Waals surface area contributed by atoms with E-state index in [0.29, 0.717) is 0 Å². The van der Waals surface area contributed by atoms with Crippen LogP contribution in [0.2, 0.25) is 0 Å². The van der Waals surface area contributed by atoms with Crippen molar-refractivity contribution >= 4 is 0 Å². The Morgan fingerprint density at radius 2 is 1.78 bits per heavy atom. The lowest BCUT2D eigenvalue weighted by atomic mass is 10.3. The van der Waals surface area contributed by atoms with E-state index in [-0.39, 0.29) is 0 Å². The van der Waals surface area contributed by atoms with Crippen LogP contribution in [0, 0.1) is 0 Å². The van der Waals surface area contributed by atoms with E-state index in [4.69, 9.17) is 0 Å². The molecule has 4 heteroatoms. The minimum absolute atomic E-state index is 1.05. The highest BCUT2D eigenvalue weighted by atomic mass is 15.3. The van der Waals surface area contributed by atoms with Crippen molar-refractivity contribution in [1.82, 2.24) is 19.6 Å². The molecule has 0 aliphatic carbocycles. The van der Waals surface area contributed by atoms with Crippen LogP contribution in [0.25, 0.3) is 0 Å². The number of hydrogen-bond acceptors (Lipinski definition) is 3. The Bertz CT molecular complexity index is 339. The first kappa shape index (κ1) is 13.6. The third kappa shape index (κ3) is 3.82. The first-order chi connectivity index (χ1) is 8.81. The topological polar surface area (TPSA) is 24.3 Å². The second-order valence-electron chi connectivity index (χ2n) is 5.09. The molecule has 0 atom stereocenters. The van der Waals surface area contributed by atoms with Crippen LogP contribution < -0.4 is 0 Å². The SMILES string of the molecule is CCc1cnn(CCCN2CCN(CC)CC2)c1. The fourth-order valence-electron chi connectivity index (χ4n) is 2.50. The number of aromatic nitrogens is 2. The second kappa shape index (κ2) is 6.90. The van der Waals surface area contributed by atoms with Crippen LogP contribution >= 0.6 is 0 Å². The number of hydrogen-bond donors (Lipinski definition) is 0. The molecule has 0 amide bonds. The molecule has 0 spiro atoms. The Kier molecular flexibility index (Phi) is 5.20. The molecular formula is C14H26N4. The minimum atomic E-state index is 1.05. The van der Waals surface area contributed by atoms with Gasteiger partial charge in [-0.25, -0.2) is 0 Å². The van der Waals surface area contributed by atoms with E-state index < -0.39 is 0 Å². The third-order valence-electron chi connectivity index (χ3n) is 3.87. The van der Waals surface area contributed by atoms with Gasteiger partial charge < -0.3 is 9.80 Å². The van der Waals surface area contributed by atoms with Crippen molar-refractivity contribution in [2.24, 2.45) is 0 Å². The zero-order chi connectivity index (χ0) is 12.8. The standard InChI is InChI=1S/C14H26N4/c1-3-14-12-15-18(13-14)7-5-6-17-10-8-16(4-2)9-11-17/h12-13H,3-11H2,1-2H3. The van der Waals surface area contributed by atoms with Gasteiger partial charge in [0.05, 0.1) is 6.20 Å².